The summed E-state index contributed by atoms with van der Waals surface area (Å²) in [7, 11) is 0. The lowest BCUT2D eigenvalue weighted by Gasteiger charge is -2.44. The van der Waals surface area contributed by atoms with Crippen molar-refractivity contribution >= 4 is 57.7 Å². The van der Waals surface area contributed by atoms with E-state index in [4.69, 9.17) is 11.6 Å². The zero-order valence-electron chi connectivity index (χ0n) is 37.2. The Morgan fingerprint density at radius 2 is 1.62 bits per heavy atom. The minimum absolute atomic E-state index is 0.0398. The summed E-state index contributed by atoms with van der Waals surface area (Å²) in [5.41, 5.74) is 15.8. The van der Waals surface area contributed by atoms with Crippen molar-refractivity contribution in [3.63, 3.8) is 0 Å². The van der Waals surface area contributed by atoms with E-state index in [2.05, 4.69) is 194 Å². The van der Waals surface area contributed by atoms with Crippen LogP contribution in [-0.2, 0) is 0 Å². The number of para-hydroxylation sites is 1. The molecule has 4 nitrogen and oxygen atoms in total. The maximum absolute atomic E-state index is 9.34. The van der Waals surface area contributed by atoms with Crippen molar-refractivity contribution in [1.29, 1.82) is 5.41 Å². The van der Waals surface area contributed by atoms with Gasteiger partial charge < -0.3 is 9.80 Å². The van der Waals surface area contributed by atoms with Gasteiger partial charge in [0.05, 0.1) is 23.1 Å². The van der Waals surface area contributed by atoms with Crippen LogP contribution in [-0.4, -0.2) is 17.6 Å². The molecule has 0 radical (unpaired) electrons. The van der Waals surface area contributed by atoms with Gasteiger partial charge in [-0.2, -0.15) is 0 Å². The summed E-state index contributed by atoms with van der Waals surface area (Å²) >= 11 is 1.84. The molecule has 0 bridgehead atoms. The highest BCUT2D eigenvalue weighted by Crippen LogP contribution is 2.53. The normalized spacial score (nSPS) is 18.3. The molecular formula is C59H56N4S. The van der Waals surface area contributed by atoms with Crippen molar-refractivity contribution in [2.24, 2.45) is 4.99 Å². The second-order valence-corrected chi connectivity index (χ2v) is 17.9. The Kier molecular flexibility index (Phi) is 12.9. The van der Waals surface area contributed by atoms with Crippen LogP contribution in [0.2, 0.25) is 0 Å². The van der Waals surface area contributed by atoms with Gasteiger partial charge in [0, 0.05) is 43.9 Å². The Balaban J connectivity index is 1.12. The fraction of sp³-hybridized carbons (Fsp3) is 0.186. The van der Waals surface area contributed by atoms with Crippen LogP contribution >= 0.6 is 11.8 Å². The van der Waals surface area contributed by atoms with Gasteiger partial charge >= 0.3 is 0 Å². The second-order valence-electron chi connectivity index (χ2n) is 16.8. The highest BCUT2D eigenvalue weighted by molar-refractivity contribution is 7.99. The van der Waals surface area contributed by atoms with E-state index in [1.807, 2.05) is 30.0 Å². The van der Waals surface area contributed by atoms with E-state index in [-0.39, 0.29) is 17.8 Å². The Morgan fingerprint density at radius 3 is 2.45 bits per heavy atom. The van der Waals surface area contributed by atoms with Crippen molar-refractivity contribution in [2.75, 3.05) is 9.80 Å². The molecule has 318 valence electrons. The molecule has 4 aliphatic rings. The molecule has 2 aliphatic heterocycles. The second kappa shape index (κ2) is 19.4. The van der Waals surface area contributed by atoms with Crippen LogP contribution in [0, 0.1) is 12.3 Å². The molecule has 9 rings (SSSR count). The van der Waals surface area contributed by atoms with Gasteiger partial charge in [0.2, 0.25) is 0 Å². The van der Waals surface area contributed by atoms with Crippen LogP contribution < -0.4 is 9.80 Å². The van der Waals surface area contributed by atoms with Gasteiger partial charge in [-0.05, 0) is 146 Å². The Morgan fingerprint density at radius 1 is 0.844 bits per heavy atom. The topological polar surface area (TPSA) is 42.7 Å². The van der Waals surface area contributed by atoms with Crippen LogP contribution in [0.1, 0.15) is 91.7 Å². The third-order valence-corrected chi connectivity index (χ3v) is 13.8. The van der Waals surface area contributed by atoms with Crippen LogP contribution in [0.4, 0.5) is 22.7 Å². The third kappa shape index (κ3) is 8.65. The van der Waals surface area contributed by atoms with Gasteiger partial charge in [-0.1, -0.05) is 147 Å². The summed E-state index contributed by atoms with van der Waals surface area (Å²) in [4.78, 5) is 12.4. The number of nitrogens with zero attached hydrogens (tertiary/aromatic N) is 3. The number of hydrogen-bond donors (Lipinski definition) is 1. The minimum atomic E-state index is -0.0398. The standard InChI is InChI=1S/C59H56N4S/c1-5-7-22-43-33-38-53-57(42(43)4)48(21-6-2)39-54(41(3)47-34-37-52-56(40-47)64-55-30-20-19-29-51(55)62(52)49-27-17-10-11-18-28-49)63(53)50-35-31-46(32-36-50)59(60)61-58(45-25-15-12-16-26-45)44-23-13-8-9-14-24-44/h6-8,10-13,15-17,19-23,25-38,40,48,54,60H,3,5,9,14,18,24,39H2,1-2,4H3/b21-6-,22-7-,60-59?,61-58?. The van der Waals surface area contributed by atoms with E-state index >= 15 is 0 Å². The summed E-state index contributed by atoms with van der Waals surface area (Å²) in [6.07, 6.45) is 32.4. The average Bonchev–Trinajstić information content (AvgIpc) is 3.78. The third-order valence-electron chi connectivity index (χ3n) is 12.7. The van der Waals surface area contributed by atoms with Crippen molar-refractivity contribution in [3.05, 3.63) is 227 Å². The summed E-state index contributed by atoms with van der Waals surface area (Å²) < 4.78 is 0. The molecule has 5 aromatic carbocycles. The lowest BCUT2D eigenvalue weighted by Crippen LogP contribution is -2.38. The van der Waals surface area contributed by atoms with Gasteiger partial charge in [-0.3, -0.25) is 5.41 Å². The number of hydrogen-bond acceptors (Lipinski definition) is 4. The number of nitrogens with one attached hydrogen (secondary N) is 1. The number of allylic oxidation sites excluding steroid dienone is 12. The maximum Gasteiger partial charge on any atom is 0.152 e. The summed E-state index contributed by atoms with van der Waals surface area (Å²) in [5.74, 6) is 0.459. The van der Waals surface area contributed by atoms with E-state index in [0.717, 1.165) is 72.2 Å². The molecule has 2 unspecified atom stereocenters. The van der Waals surface area contributed by atoms with E-state index in [1.165, 1.54) is 54.8 Å². The van der Waals surface area contributed by atoms with Crippen LogP contribution in [0.5, 0.6) is 0 Å². The summed E-state index contributed by atoms with van der Waals surface area (Å²) in [5, 5.41) is 9.34. The average molecular weight is 853 g/mol. The number of aliphatic imine (C=N–C) groups is 1. The van der Waals surface area contributed by atoms with Gasteiger partial charge in [0.15, 0.2) is 5.84 Å². The van der Waals surface area contributed by atoms with Gasteiger partial charge in [-0.25, -0.2) is 4.99 Å². The highest BCUT2D eigenvalue weighted by atomic mass is 32.2. The predicted octanol–water partition coefficient (Wildman–Crippen LogP) is 16.2. The van der Waals surface area contributed by atoms with E-state index in [0.29, 0.717) is 0 Å². The lowest BCUT2D eigenvalue weighted by molar-refractivity contribution is 0.623. The minimum Gasteiger partial charge on any atom is -0.334 e. The van der Waals surface area contributed by atoms with Crippen LogP contribution in [0.25, 0.3) is 11.6 Å². The molecule has 0 saturated heterocycles. The molecule has 5 aromatic rings. The van der Waals surface area contributed by atoms with E-state index in [9.17, 15) is 5.41 Å². The first-order valence-corrected chi connectivity index (χ1v) is 23.6. The first-order chi connectivity index (χ1) is 31.4. The van der Waals surface area contributed by atoms with Crippen molar-refractivity contribution in [2.45, 2.75) is 81.0 Å². The predicted molar refractivity (Wildman–Crippen MR) is 275 cm³/mol. The zero-order valence-corrected chi connectivity index (χ0v) is 38.0. The molecule has 0 amide bonds. The number of benzene rings is 5. The smallest absolute Gasteiger partial charge is 0.152 e. The van der Waals surface area contributed by atoms with Gasteiger partial charge in [-0.15, -0.1) is 0 Å². The van der Waals surface area contributed by atoms with Crippen molar-refractivity contribution in [1.82, 2.24) is 0 Å². The van der Waals surface area contributed by atoms with Crippen molar-refractivity contribution < 1.29 is 0 Å². The lowest BCUT2D eigenvalue weighted by atomic mass is 9.78. The monoisotopic (exact) mass is 852 g/mol. The fourth-order valence-corrected chi connectivity index (χ4v) is 10.6. The molecule has 0 saturated carbocycles. The molecule has 0 spiro atoms. The molecule has 1 N–H and O–H groups in total. The first kappa shape index (κ1) is 42.6. The van der Waals surface area contributed by atoms with Gasteiger partial charge in [0.25, 0.3) is 0 Å². The molecule has 0 aromatic heterocycles. The largest absolute Gasteiger partial charge is 0.334 e. The summed E-state index contributed by atoms with van der Waals surface area (Å²) in [6.45, 7) is 11.6. The van der Waals surface area contributed by atoms with Crippen molar-refractivity contribution in [3.8, 4) is 0 Å². The highest BCUT2D eigenvalue weighted by Gasteiger charge is 2.36. The summed E-state index contributed by atoms with van der Waals surface area (Å²) in [6, 6.07) is 39.0. The zero-order chi connectivity index (χ0) is 44.0. The SMILES string of the molecule is C=C(c1ccc2c(c1)Sc1ccccc1N2C1=CCC=CC=C1)C1CC(/C=C\C)c2c(ccc(/C=C\CC)c2C)N1c1ccc(C(=N)N=C(C2=CC=CCCC2)c2ccccc2)cc1. The maximum atomic E-state index is 9.34. The first-order valence-electron chi connectivity index (χ1n) is 22.8. The number of anilines is 4. The molecular weight excluding hydrogens is 797 g/mol. The molecule has 2 heterocycles. The number of rotatable bonds is 10. The van der Waals surface area contributed by atoms with Gasteiger partial charge in [0.1, 0.15) is 0 Å². The number of fused-ring (bicyclic) bond motifs is 3. The molecule has 2 aliphatic carbocycles. The van der Waals surface area contributed by atoms with E-state index in [1.54, 1.807) is 0 Å². The molecule has 5 heteroatoms. The Labute approximate surface area is 384 Å². The Hall–Kier alpha value is -6.69. The Bertz CT molecular complexity index is 2830. The van der Waals surface area contributed by atoms with Crippen LogP contribution in [0.15, 0.2) is 209 Å². The fourth-order valence-electron chi connectivity index (χ4n) is 9.50. The van der Waals surface area contributed by atoms with E-state index < -0.39 is 0 Å². The van der Waals surface area contributed by atoms with Crippen LogP contribution in [0.3, 0.4) is 0 Å². The quantitative estimate of drug-likeness (QED) is 0.0865. The number of amidine groups is 1. The molecule has 64 heavy (non-hydrogen) atoms. The molecule has 0 fully saturated rings. The molecule has 2 atom stereocenters.